The summed E-state index contributed by atoms with van der Waals surface area (Å²) in [6.45, 7) is 8.11. The predicted octanol–water partition coefficient (Wildman–Crippen LogP) is 4.73. The van der Waals surface area contributed by atoms with Crippen molar-refractivity contribution in [1.29, 1.82) is 5.26 Å². The number of methoxy groups -OCH3 is 1. The Morgan fingerprint density at radius 1 is 1.17 bits per heavy atom. The molecule has 0 bridgehead atoms. The van der Waals surface area contributed by atoms with Crippen LogP contribution >= 0.6 is 22.6 Å². The molecular weight excluding hydrogens is 570 g/mol. The third-order valence-electron chi connectivity index (χ3n) is 6.37. The summed E-state index contributed by atoms with van der Waals surface area (Å²) in [4.78, 5) is 13.3. The molecule has 186 valence electrons. The van der Waals surface area contributed by atoms with E-state index >= 15 is 0 Å². The lowest BCUT2D eigenvalue weighted by Gasteiger charge is -2.40. The number of ether oxygens (including phenoxy) is 1. The molecule has 1 N–H and O–H groups in total. The van der Waals surface area contributed by atoms with Crippen molar-refractivity contribution in [2.24, 2.45) is 0 Å². The number of hydrogen-bond acceptors (Lipinski definition) is 7. The average molecular weight is 598 g/mol. The van der Waals surface area contributed by atoms with E-state index in [0.717, 1.165) is 48.3 Å². The van der Waals surface area contributed by atoms with E-state index in [4.69, 9.17) is 10.00 Å². The van der Waals surface area contributed by atoms with Gasteiger partial charge in [0, 0.05) is 47.7 Å². The first-order chi connectivity index (χ1) is 17.3. The van der Waals surface area contributed by atoms with E-state index in [1.165, 1.54) is 12.4 Å². The van der Waals surface area contributed by atoms with Gasteiger partial charge in [0.25, 0.3) is 0 Å². The summed E-state index contributed by atoms with van der Waals surface area (Å²) in [6, 6.07) is 11.0. The van der Waals surface area contributed by atoms with Crippen LogP contribution in [0.3, 0.4) is 0 Å². The lowest BCUT2D eigenvalue weighted by Crippen LogP contribution is -2.54. The van der Waals surface area contributed by atoms with Gasteiger partial charge in [-0.15, -0.1) is 0 Å². The van der Waals surface area contributed by atoms with E-state index in [2.05, 4.69) is 79.4 Å². The number of nitrogens with one attached hydrogen (secondary N) is 1. The Morgan fingerprint density at radius 3 is 2.64 bits per heavy atom. The van der Waals surface area contributed by atoms with Crippen molar-refractivity contribution in [3.05, 3.63) is 53.6 Å². The fraction of sp³-hybridized carbons (Fsp3) is 0.370. The van der Waals surface area contributed by atoms with Crippen LogP contribution in [0.4, 0.5) is 15.9 Å². The van der Waals surface area contributed by atoms with Crippen LogP contribution in [0, 0.1) is 29.0 Å². The molecule has 1 aliphatic rings. The van der Waals surface area contributed by atoms with Gasteiger partial charge in [-0.2, -0.15) is 5.26 Å². The highest BCUT2D eigenvalue weighted by molar-refractivity contribution is 14.1. The van der Waals surface area contributed by atoms with Crippen molar-refractivity contribution in [3.8, 4) is 23.7 Å². The van der Waals surface area contributed by atoms with E-state index in [9.17, 15) is 4.39 Å². The number of hydrogen-bond donors (Lipinski definition) is 1. The van der Waals surface area contributed by atoms with Crippen molar-refractivity contribution in [2.75, 3.05) is 45.2 Å². The summed E-state index contributed by atoms with van der Waals surface area (Å²) < 4.78 is 20.2. The van der Waals surface area contributed by atoms with Gasteiger partial charge in [-0.05, 0) is 43.7 Å². The SMILES string of the molecule is COc1cc2ncnc(Nc3ccc(F)c(CI)c3)c2cc1C#CC(C)(C)N1CCN(CC#N)CC1. The van der Waals surface area contributed by atoms with Gasteiger partial charge in [-0.1, -0.05) is 34.4 Å². The Hall–Kier alpha value is -2.99. The highest BCUT2D eigenvalue weighted by atomic mass is 127. The van der Waals surface area contributed by atoms with Gasteiger partial charge < -0.3 is 10.1 Å². The smallest absolute Gasteiger partial charge is 0.141 e. The highest BCUT2D eigenvalue weighted by Crippen LogP contribution is 2.30. The summed E-state index contributed by atoms with van der Waals surface area (Å²) >= 11 is 2.15. The zero-order valence-corrected chi connectivity index (χ0v) is 22.8. The molecule has 0 aliphatic carbocycles. The third-order valence-corrected chi connectivity index (χ3v) is 7.19. The number of aromatic nitrogens is 2. The first-order valence-electron chi connectivity index (χ1n) is 11.7. The molecule has 2 heterocycles. The van der Waals surface area contributed by atoms with Crippen LogP contribution < -0.4 is 10.1 Å². The Bertz CT molecular complexity index is 1350. The first-order valence-corrected chi connectivity index (χ1v) is 13.2. The summed E-state index contributed by atoms with van der Waals surface area (Å²) in [5, 5.41) is 13.1. The number of fused-ring (bicyclic) bond motifs is 1. The molecule has 0 unspecified atom stereocenters. The lowest BCUT2D eigenvalue weighted by atomic mass is 10.0. The van der Waals surface area contributed by atoms with Crippen LogP contribution in [-0.2, 0) is 4.43 Å². The molecule has 1 aromatic heterocycles. The number of nitriles is 1. The van der Waals surface area contributed by atoms with E-state index in [1.54, 1.807) is 19.2 Å². The largest absolute Gasteiger partial charge is 0.495 e. The van der Waals surface area contributed by atoms with Crippen LogP contribution in [0.25, 0.3) is 10.9 Å². The summed E-state index contributed by atoms with van der Waals surface area (Å²) in [7, 11) is 1.62. The molecular formula is C27H28FIN6O. The zero-order valence-electron chi connectivity index (χ0n) is 20.6. The molecule has 0 saturated carbocycles. The molecule has 3 aromatic rings. The van der Waals surface area contributed by atoms with Crippen molar-refractivity contribution >= 4 is 45.0 Å². The molecule has 36 heavy (non-hydrogen) atoms. The number of nitrogens with zero attached hydrogens (tertiary/aromatic N) is 5. The molecule has 4 rings (SSSR count). The lowest BCUT2D eigenvalue weighted by molar-refractivity contribution is 0.0881. The summed E-state index contributed by atoms with van der Waals surface area (Å²) in [6.07, 6.45) is 1.49. The van der Waals surface area contributed by atoms with Gasteiger partial charge >= 0.3 is 0 Å². The molecule has 1 saturated heterocycles. The van der Waals surface area contributed by atoms with Gasteiger partial charge in [-0.25, -0.2) is 14.4 Å². The van der Waals surface area contributed by atoms with Crippen LogP contribution in [-0.4, -0.2) is 65.1 Å². The average Bonchev–Trinajstić information content (AvgIpc) is 2.89. The summed E-state index contributed by atoms with van der Waals surface area (Å²) in [5.74, 6) is 7.79. The molecule has 0 atom stereocenters. The van der Waals surface area contributed by atoms with Gasteiger partial charge in [0.05, 0.1) is 36.3 Å². The third kappa shape index (κ3) is 5.86. The Balaban J connectivity index is 1.64. The fourth-order valence-electron chi connectivity index (χ4n) is 4.21. The number of halogens is 2. The first kappa shape index (κ1) is 26.1. The number of rotatable bonds is 6. The molecule has 2 aromatic carbocycles. The van der Waals surface area contributed by atoms with E-state index in [-0.39, 0.29) is 11.4 Å². The molecule has 0 amide bonds. The molecule has 0 radical (unpaired) electrons. The minimum absolute atomic E-state index is 0.223. The van der Waals surface area contributed by atoms with Crippen molar-refractivity contribution in [1.82, 2.24) is 19.8 Å². The molecule has 9 heteroatoms. The molecule has 0 spiro atoms. The van der Waals surface area contributed by atoms with E-state index in [1.807, 2.05) is 12.1 Å². The molecule has 1 fully saturated rings. The van der Waals surface area contributed by atoms with Crippen LogP contribution in [0.2, 0.25) is 0 Å². The van der Waals surface area contributed by atoms with Gasteiger partial charge in [-0.3, -0.25) is 9.80 Å². The topological polar surface area (TPSA) is 77.3 Å². The van der Waals surface area contributed by atoms with Crippen LogP contribution in [0.1, 0.15) is 25.0 Å². The second-order valence-corrected chi connectivity index (χ2v) is 9.85. The second kappa shape index (κ2) is 11.4. The number of anilines is 2. The maximum atomic E-state index is 14.0. The fourth-order valence-corrected chi connectivity index (χ4v) is 4.79. The van der Waals surface area contributed by atoms with Gasteiger partial charge in [0.2, 0.25) is 0 Å². The van der Waals surface area contributed by atoms with Crippen LogP contribution in [0.5, 0.6) is 5.75 Å². The van der Waals surface area contributed by atoms with Crippen molar-refractivity contribution in [2.45, 2.75) is 23.8 Å². The second-order valence-electron chi connectivity index (χ2n) is 9.09. The quantitative estimate of drug-likeness (QED) is 0.190. The van der Waals surface area contributed by atoms with Gasteiger partial charge in [0.1, 0.15) is 23.7 Å². The van der Waals surface area contributed by atoms with E-state index in [0.29, 0.717) is 28.1 Å². The van der Waals surface area contributed by atoms with Crippen LogP contribution in [0.15, 0.2) is 36.7 Å². The monoisotopic (exact) mass is 598 g/mol. The van der Waals surface area contributed by atoms with Gasteiger partial charge in [0.15, 0.2) is 0 Å². The maximum absolute atomic E-state index is 14.0. The summed E-state index contributed by atoms with van der Waals surface area (Å²) in [5.41, 5.74) is 2.49. The predicted molar refractivity (Wildman–Crippen MR) is 148 cm³/mol. The highest BCUT2D eigenvalue weighted by Gasteiger charge is 2.28. The number of piperazine rings is 1. The number of alkyl halides is 1. The Labute approximate surface area is 224 Å². The Kier molecular flexibility index (Phi) is 8.24. The van der Waals surface area contributed by atoms with E-state index < -0.39 is 0 Å². The zero-order chi connectivity index (χ0) is 25.7. The standard InChI is InChI=1S/C27H28FIN6O/c1-27(2,35-12-10-34(9-8-30)11-13-35)7-6-19-15-22-24(16-25(19)36-3)31-18-32-26(22)33-21-4-5-23(28)20(14-21)17-29/h4-5,14-16,18H,9-13,17H2,1-3H3,(H,31,32,33). The van der Waals surface area contributed by atoms with Crippen molar-refractivity contribution < 1.29 is 9.13 Å². The molecule has 7 nitrogen and oxygen atoms in total. The Morgan fingerprint density at radius 2 is 1.94 bits per heavy atom. The minimum atomic E-state index is -0.350. The maximum Gasteiger partial charge on any atom is 0.141 e. The normalized spacial score (nSPS) is 14.7. The molecule has 1 aliphatic heterocycles. The van der Waals surface area contributed by atoms with Crippen molar-refractivity contribution in [3.63, 3.8) is 0 Å². The number of benzene rings is 2. The minimum Gasteiger partial charge on any atom is -0.495 e.